The number of hydrogen-bond donors (Lipinski definition) is 0. The molecular weight excluding hydrogens is 426 g/mol. The van der Waals surface area contributed by atoms with Crippen LogP contribution in [0.1, 0.15) is 76.1 Å². The second kappa shape index (κ2) is 8.97. The van der Waals surface area contributed by atoms with E-state index in [-0.39, 0.29) is 40.9 Å². The van der Waals surface area contributed by atoms with E-state index in [4.69, 9.17) is 9.47 Å². The molecule has 0 saturated heterocycles. The van der Waals surface area contributed by atoms with Gasteiger partial charge in [0.15, 0.2) is 12.4 Å². The molecule has 3 rings (SSSR count). The summed E-state index contributed by atoms with van der Waals surface area (Å²) in [5.74, 6) is -2.66. The number of Topliss-reactive ketones (excluding diaryl/α,β-unsaturated/α-hetero) is 1. The Hall–Kier alpha value is -3.81. The maximum absolute atomic E-state index is 13.0. The summed E-state index contributed by atoms with van der Waals surface area (Å²) < 4.78 is 10.2. The van der Waals surface area contributed by atoms with Gasteiger partial charge in [0, 0.05) is 5.41 Å². The number of hydrogen-bond acceptors (Lipinski definition) is 7. The number of esters is 2. The SMILES string of the molecule is CC(C)OC(=O)c1ccc(N2C(=O)c3ccc(C(=O)OCC(=O)C(C)(C)C)cc3C2=O)cc1. The fourth-order valence-corrected chi connectivity index (χ4v) is 3.06. The average Bonchev–Trinajstić information content (AvgIpc) is 3.00. The number of imide groups is 1. The van der Waals surface area contributed by atoms with Crippen LogP contribution < -0.4 is 4.90 Å². The highest BCUT2D eigenvalue weighted by atomic mass is 16.5. The van der Waals surface area contributed by atoms with Gasteiger partial charge in [-0.05, 0) is 56.3 Å². The first kappa shape index (κ1) is 23.8. The molecule has 2 aromatic rings. The maximum Gasteiger partial charge on any atom is 0.338 e. The van der Waals surface area contributed by atoms with Crippen LogP contribution >= 0.6 is 0 Å². The Labute approximate surface area is 191 Å². The first-order valence-electron chi connectivity index (χ1n) is 10.4. The van der Waals surface area contributed by atoms with Gasteiger partial charge in [0.1, 0.15) is 0 Å². The molecule has 1 aliphatic heterocycles. The third-order valence-electron chi connectivity index (χ3n) is 5.00. The van der Waals surface area contributed by atoms with Crippen molar-refractivity contribution in [3.63, 3.8) is 0 Å². The molecule has 0 aliphatic carbocycles. The first-order valence-corrected chi connectivity index (χ1v) is 10.4. The molecule has 8 nitrogen and oxygen atoms in total. The van der Waals surface area contributed by atoms with E-state index >= 15 is 0 Å². The molecule has 33 heavy (non-hydrogen) atoms. The van der Waals surface area contributed by atoms with Crippen LogP contribution in [-0.4, -0.2) is 42.2 Å². The fourth-order valence-electron chi connectivity index (χ4n) is 3.06. The van der Waals surface area contributed by atoms with Gasteiger partial charge in [-0.25, -0.2) is 14.5 Å². The summed E-state index contributed by atoms with van der Waals surface area (Å²) in [6, 6.07) is 9.94. The Morgan fingerprint density at radius 1 is 0.848 bits per heavy atom. The Kier molecular flexibility index (Phi) is 6.48. The van der Waals surface area contributed by atoms with E-state index in [1.807, 2.05) is 0 Å². The minimum atomic E-state index is -0.762. The van der Waals surface area contributed by atoms with E-state index in [9.17, 15) is 24.0 Å². The Morgan fingerprint density at radius 2 is 1.42 bits per heavy atom. The number of rotatable bonds is 6. The van der Waals surface area contributed by atoms with Gasteiger partial charge in [0.2, 0.25) is 0 Å². The van der Waals surface area contributed by atoms with Gasteiger partial charge in [-0.1, -0.05) is 20.8 Å². The lowest BCUT2D eigenvalue weighted by atomic mass is 9.91. The van der Waals surface area contributed by atoms with E-state index in [1.54, 1.807) is 34.6 Å². The van der Waals surface area contributed by atoms with Gasteiger partial charge in [-0.15, -0.1) is 0 Å². The zero-order chi connectivity index (χ0) is 24.5. The quantitative estimate of drug-likeness (QED) is 0.485. The molecule has 0 fully saturated rings. The minimum absolute atomic E-state index is 0.0555. The molecule has 8 heteroatoms. The summed E-state index contributed by atoms with van der Waals surface area (Å²) in [5, 5.41) is 0. The van der Waals surface area contributed by atoms with Crippen LogP contribution in [0.2, 0.25) is 0 Å². The molecular formula is C25H25NO7. The van der Waals surface area contributed by atoms with Crippen LogP contribution in [0.3, 0.4) is 0 Å². The first-order chi connectivity index (χ1) is 15.4. The van der Waals surface area contributed by atoms with Crippen molar-refractivity contribution in [1.82, 2.24) is 0 Å². The van der Waals surface area contributed by atoms with Gasteiger partial charge >= 0.3 is 11.9 Å². The highest BCUT2D eigenvalue weighted by Crippen LogP contribution is 2.29. The number of fused-ring (bicyclic) bond motifs is 1. The number of nitrogens with zero attached hydrogens (tertiary/aromatic N) is 1. The van der Waals surface area contributed by atoms with Crippen molar-refractivity contribution in [1.29, 1.82) is 0 Å². The highest BCUT2D eigenvalue weighted by Gasteiger charge is 2.37. The van der Waals surface area contributed by atoms with Crippen LogP contribution in [0.5, 0.6) is 0 Å². The lowest BCUT2D eigenvalue weighted by molar-refractivity contribution is -0.129. The molecule has 172 valence electrons. The monoisotopic (exact) mass is 451 g/mol. The number of ketones is 1. The number of anilines is 1. The van der Waals surface area contributed by atoms with E-state index in [0.29, 0.717) is 5.56 Å². The van der Waals surface area contributed by atoms with E-state index < -0.39 is 29.2 Å². The highest BCUT2D eigenvalue weighted by molar-refractivity contribution is 6.34. The van der Waals surface area contributed by atoms with Crippen molar-refractivity contribution >= 4 is 35.2 Å². The van der Waals surface area contributed by atoms with Crippen molar-refractivity contribution < 1.29 is 33.4 Å². The summed E-state index contributed by atoms with van der Waals surface area (Å²) >= 11 is 0. The summed E-state index contributed by atoms with van der Waals surface area (Å²) in [4.78, 5) is 63.1. The van der Waals surface area contributed by atoms with Crippen LogP contribution in [0.25, 0.3) is 0 Å². The number of ether oxygens (including phenoxy) is 2. The predicted octanol–water partition coefficient (Wildman–Crippen LogP) is 3.82. The molecule has 1 heterocycles. The number of carbonyl (C=O) groups is 5. The van der Waals surface area contributed by atoms with Crippen molar-refractivity contribution in [3.05, 3.63) is 64.7 Å². The van der Waals surface area contributed by atoms with Crippen LogP contribution in [0.4, 0.5) is 5.69 Å². The zero-order valence-corrected chi connectivity index (χ0v) is 19.1. The smallest absolute Gasteiger partial charge is 0.338 e. The second-order valence-electron chi connectivity index (χ2n) is 8.96. The maximum atomic E-state index is 13.0. The largest absolute Gasteiger partial charge is 0.459 e. The van der Waals surface area contributed by atoms with Crippen molar-refractivity contribution in [2.24, 2.45) is 5.41 Å². The van der Waals surface area contributed by atoms with E-state index in [1.165, 1.54) is 42.5 Å². The van der Waals surface area contributed by atoms with E-state index in [0.717, 1.165) is 4.90 Å². The molecule has 0 spiro atoms. The Balaban J connectivity index is 1.78. The summed E-state index contributed by atoms with van der Waals surface area (Å²) in [5.41, 5.74) is 0.180. The molecule has 0 saturated carbocycles. The fraction of sp³-hybridized carbons (Fsp3) is 0.320. The molecule has 1 aliphatic rings. The molecule has 2 amide bonds. The van der Waals surface area contributed by atoms with Gasteiger partial charge < -0.3 is 9.47 Å². The Morgan fingerprint density at radius 3 is 2.00 bits per heavy atom. The molecule has 0 atom stereocenters. The lowest BCUT2D eigenvalue weighted by Gasteiger charge is -2.16. The summed E-state index contributed by atoms with van der Waals surface area (Å²) in [6.45, 7) is 8.24. The van der Waals surface area contributed by atoms with Gasteiger partial charge in [0.05, 0.1) is 34.0 Å². The van der Waals surface area contributed by atoms with Crippen LogP contribution in [-0.2, 0) is 14.3 Å². The molecule has 0 aromatic heterocycles. The van der Waals surface area contributed by atoms with Crippen LogP contribution in [0.15, 0.2) is 42.5 Å². The van der Waals surface area contributed by atoms with E-state index in [2.05, 4.69) is 0 Å². The van der Waals surface area contributed by atoms with Crippen molar-refractivity contribution in [2.75, 3.05) is 11.5 Å². The molecule has 0 unspecified atom stereocenters. The summed E-state index contributed by atoms with van der Waals surface area (Å²) in [7, 11) is 0. The normalized spacial score (nSPS) is 13.2. The standard InChI is InChI=1S/C25H25NO7/c1-14(2)33-24(31)15-6-9-17(10-7-15)26-21(28)18-11-8-16(12-19(18)22(26)29)23(30)32-13-20(27)25(3,4)5/h6-12,14H,13H2,1-5H3. The van der Waals surface area contributed by atoms with Crippen LogP contribution in [0, 0.1) is 5.41 Å². The molecule has 2 aromatic carbocycles. The summed E-state index contributed by atoms with van der Waals surface area (Å²) in [6.07, 6.45) is -0.277. The van der Waals surface area contributed by atoms with Crippen molar-refractivity contribution in [2.45, 2.75) is 40.7 Å². The Bertz CT molecular complexity index is 1140. The number of benzene rings is 2. The minimum Gasteiger partial charge on any atom is -0.459 e. The topological polar surface area (TPSA) is 107 Å². The second-order valence-corrected chi connectivity index (χ2v) is 8.96. The average molecular weight is 451 g/mol. The van der Waals surface area contributed by atoms with Gasteiger partial charge in [-0.2, -0.15) is 0 Å². The number of amides is 2. The zero-order valence-electron chi connectivity index (χ0n) is 19.1. The lowest BCUT2D eigenvalue weighted by Crippen LogP contribution is -2.29. The molecule has 0 N–H and O–H groups in total. The number of carbonyl (C=O) groups excluding carboxylic acids is 5. The molecule has 0 radical (unpaired) electrons. The van der Waals surface area contributed by atoms with Gasteiger partial charge in [-0.3, -0.25) is 14.4 Å². The predicted molar refractivity (Wildman–Crippen MR) is 119 cm³/mol. The third kappa shape index (κ3) is 5.00. The van der Waals surface area contributed by atoms with Gasteiger partial charge in [0.25, 0.3) is 11.8 Å². The third-order valence-corrected chi connectivity index (χ3v) is 5.00. The molecule has 0 bridgehead atoms. The van der Waals surface area contributed by atoms with Crippen molar-refractivity contribution in [3.8, 4) is 0 Å².